The number of aromatic nitrogens is 1. The maximum Gasteiger partial charge on any atom is 0.411 e. The summed E-state index contributed by atoms with van der Waals surface area (Å²) in [6, 6.07) is 12.1. The number of anilines is 1. The first-order valence-corrected chi connectivity index (χ1v) is 6.07. The first kappa shape index (κ1) is 16.2. The van der Waals surface area contributed by atoms with Crippen LogP contribution in [0.2, 0.25) is 0 Å². The van der Waals surface area contributed by atoms with Crippen LogP contribution in [0, 0.1) is 6.92 Å². The number of ether oxygens (including phenoxy) is 1. The first-order chi connectivity index (χ1) is 9.19. The second kappa shape index (κ2) is 7.65. The van der Waals surface area contributed by atoms with E-state index in [1.807, 2.05) is 48.1 Å². The molecule has 106 valence electrons. The Morgan fingerprint density at radius 2 is 1.95 bits per heavy atom. The molecule has 0 atom stereocenters. The number of hydrogen-bond donors (Lipinski definition) is 1. The number of rotatable bonds is 3. The highest BCUT2D eigenvalue weighted by atomic mass is 79.9. The molecule has 20 heavy (non-hydrogen) atoms. The number of nitrogens with zero attached hydrogens (tertiary/aromatic N) is 1. The molecule has 0 fully saturated rings. The van der Waals surface area contributed by atoms with Gasteiger partial charge in [-0.15, -0.1) is 0 Å². The third-order valence-corrected chi connectivity index (χ3v) is 2.87. The quantitative estimate of drug-likeness (QED) is 0.769. The molecule has 0 aliphatic carbocycles. The van der Waals surface area contributed by atoms with Crippen LogP contribution in [0.1, 0.15) is 11.1 Å². The van der Waals surface area contributed by atoms with Crippen molar-refractivity contribution in [3.8, 4) is 0 Å². The average molecular weight is 337 g/mol. The third kappa shape index (κ3) is 4.35. The van der Waals surface area contributed by atoms with E-state index < -0.39 is 6.09 Å². The zero-order valence-corrected chi connectivity index (χ0v) is 13.1. The molecule has 1 aromatic carbocycles. The Labute approximate surface area is 129 Å². The van der Waals surface area contributed by atoms with E-state index in [1.165, 1.54) is 12.7 Å². The Hall–Kier alpha value is -1.88. The van der Waals surface area contributed by atoms with Gasteiger partial charge in [0, 0.05) is 11.6 Å². The number of aryl methyl sites for hydroxylation is 1. The van der Waals surface area contributed by atoms with Gasteiger partial charge in [-0.2, -0.15) is 4.57 Å². The summed E-state index contributed by atoms with van der Waals surface area (Å²) in [6.45, 7) is 2.70. The topological polar surface area (TPSA) is 42.2 Å². The van der Waals surface area contributed by atoms with Gasteiger partial charge in [0.05, 0.1) is 7.11 Å². The number of nitrogens with one attached hydrogen (secondary N) is 1. The van der Waals surface area contributed by atoms with Gasteiger partial charge < -0.3 is 21.7 Å². The summed E-state index contributed by atoms with van der Waals surface area (Å²) in [7, 11) is 1.35. The van der Waals surface area contributed by atoms with Crippen molar-refractivity contribution >= 4 is 11.8 Å². The summed E-state index contributed by atoms with van der Waals surface area (Å²) in [6.07, 6.45) is 3.44. The molecule has 1 heterocycles. The van der Waals surface area contributed by atoms with E-state index in [0.717, 1.165) is 17.8 Å². The van der Waals surface area contributed by atoms with Gasteiger partial charge in [-0.25, -0.2) is 4.79 Å². The van der Waals surface area contributed by atoms with Crippen molar-refractivity contribution in [2.24, 2.45) is 0 Å². The fourth-order valence-electron chi connectivity index (χ4n) is 1.79. The average Bonchev–Trinajstić information content (AvgIpc) is 2.43. The molecule has 0 saturated carbocycles. The number of methoxy groups -OCH3 is 1. The maximum absolute atomic E-state index is 11.3. The summed E-state index contributed by atoms with van der Waals surface area (Å²) in [5.74, 6) is 0. The molecule has 0 radical (unpaired) electrons. The van der Waals surface area contributed by atoms with Gasteiger partial charge >= 0.3 is 6.09 Å². The molecular weight excluding hydrogens is 320 g/mol. The standard InChI is InChI=1S/C15H16N2O2.BrH/c1-12-8-9-17(10-13-6-4-3-5-7-13)11-14(12)16-15(18)19-2;/h3-9,11H,10H2,1-2H3;1H. The molecule has 2 aromatic rings. The second-order valence-electron chi connectivity index (χ2n) is 4.32. The van der Waals surface area contributed by atoms with Crippen molar-refractivity contribution in [3.63, 3.8) is 0 Å². The zero-order chi connectivity index (χ0) is 13.7. The molecule has 0 aliphatic rings. The maximum atomic E-state index is 11.3. The molecule has 0 spiro atoms. The van der Waals surface area contributed by atoms with E-state index in [1.54, 1.807) is 0 Å². The van der Waals surface area contributed by atoms with Gasteiger partial charge in [0.15, 0.2) is 18.9 Å². The Kier molecular flexibility index (Phi) is 6.18. The largest absolute Gasteiger partial charge is 1.00 e. The molecule has 1 N–H and O–H groups in total. The van der Waals surface area contributed by atoms with Crippen LogP contribution in [-0.4, -0.2) is 13.2 Å². The van der Waals surface area contributed by atoms with Gasteiger partial charge in [0.2, 0.25) is 0 Å². The number of halogens is 1. The molecule has 4 nitrogen and oxygen atoms in total. The number of amides is 1. The van der Waals surface area contributed by atoms with E-state index in [9.17, 15) is 4.79 Å². The predicted octanol–water partition coefficient (Wildman–Crippen LogP) is -0.487. The zero-order valence-electron chi connectivity index (χ0n) is 11.5. The minimum Gasteiger partial charge on any atom is -1.00 e. The van der Waals surface area contributed by atoms with E-state index in [-0.39, 0.29) is 17.0 Å². The molecule has 2 rings (SSSR count). The van der Waals surface area contributed by atoms with Crippen LogP contribution in [0.25, 0.3) is 0 Å². The van der Waals surface area contributed by atoms with E-state index in [0.29, 0.717) is 0 Å². The van der Waals surface area contributed by atoms with Crippen LogP contribution < -0.4 is 26.9 Å². The van der Waals surface area contributed by atoms with Gasteiger partial charge in [0.1, 0.15) is 5.69 Å². The normalized spacial score (nSPS) is 9.50. The van der Waals surface area contributed by atoms with E-state index in [4.69, 9.17) is 0 Å². The van der Waals surface area contributed by atoms with Crippen molar-refractivity contribution < 1.29 is 31.1 Å². The lowest BCUT2D eigenvalue weighted by Crippen LogP contribution is -3.00. The van der Waals surface area contributed by atoms with Gasteiger partial charge in [-0.1, -0.05) is 30.3 Å². The lowest BCUT2D eigenvalue weighted by molar-refractivity contribution is -0.687. The van der Waals surface area contributed by atoms with Crippen LogP contribution >= 0.6 is 0 Å². The lowest BCUT2D eigenvalue weighted by Gasteiger charge is -2.06. The molecule has 0 saturated heterocycles. The molecule has 0 unspecified atom stereocenters. The SMILES string of the molecule is COC(=O)Nc1c[n+](Cc2ccccc2)ccc1C.[Br-]. The monoisotopic (exact) mass is 336 g/mol. The van der Waals surface area contributed by atoms with Crippen LogP contribution in [0.15, 0.2) is 48.8 Å². The minimum absolute atomic E-state index is 0. The van der Waals surface area contributed by atoms with Crippen molar-refractivity contribution in [3.05, 3.63) is 59.9 Å². The van der Waals surface area contributed by atoms with Crippen molar-refractivity contribution in [1.82, 2.24) is 0 Å². The second-order valence-corrected chi connectivity index (χ2v) is 4.32. The minimum atomic E-state index is -0.458. The Morgan fingerprint density at radius 3 is 2.60 bits per heavy atom. The molecule has 0 aliphatic heterocycles. The molecule has 1 amide bonds. The first-order valence-electron chi connectivity index (χ1n) is 6.07. The van der Waals surface area contributed by atoms with E-state index in [2.05, 4.69) is 22.2 Å². The number of hydrogen-bond acceptors (Lipinski definition) is 2. The smallest absolute Gasteiger partial charge is 0.411 e. The fourth-order valence-corrected chi connectivity index (χ4v) is 1.79. The van der Waals surface area contributed by atoms with Crippen molar-refractivity contribution in [1.29, 1.82) is 0 Å². The van der Waals surface area contributed by atoms with Gasteiger partial charge in [-0.3, -0.25) is 5.32 Å². The Balaban J connectivity index is 0.00000200. The number of carbonyl (C=O) groups is 1. The molecule has 5 heteroatoms. The summed E-state index contributed by atoms with van der Waals surface area (Å²) < 4.78 is 6.63. The van der Waals surface area contributed by atoms with Crippen LogP contribution in [0.4, 0.5) is 10.5 Å². The van der Waals surface area contributed by atoms with Gasteiger partial charge in [0.25, 0.3) is 0 Å². The van der Waals surface area contributed by atoms with Crippen molar-refractivity contribution in [2.75, 3.05) is 12.4 Å². The summed E-state index contributed by atoms with van der Waals surface area (Å²) in [5.41, 5.74) is 2.96. The van der Waals surface area contributed by atoms with Crippen LogP contribution in [0.5, 0.6) is 0 Å². The van der Waals surface area contributed by atoms with Crippen LogP contribution in [-0.2, 0) is 11.3 Å². The fraction of sp³-hybridized carbons (Fsp3) is 0.200. The number of pyridine rings is 1. The Bertz CT molecular complexity index is 573. The van der Waals surface area contributed by atoms with Crippen LogP contribution in [0.3, 0.4) is 0 Å². The predicted molar refractivity (Wildman–Crippen MR) is 72.9 cm³/mol. The van der Waals surface area contributed by atoms with E-state index >= 15 is 0 Å². The van der Waals surface area contributed by atoms with Crippen molar-refractivity contribution in [2.45, 2.75) is 13.5 Å². The molecule has 1 aromatic heterocycles. The summed E-state index contributed by atoms with van der Waals surface area (Å²) in [5, 5.41) is 2.70. The third-order valence-electron chi connectivity index (χ3n) is 2.87. The summed E-state index contributed by atoms with van der Waals surface area (Å²) >= 11 is 0. The summed E-state index contributed by atoms with van der Waals surface area (Å²) in [4.78, 5) is 11.3. The number of carbonyl (C=O) groups excluding carboxylic acids is 1. The highest BCUT2D eigenvalue weighted by Crippen LogP contribution is 2.11. The van der Waals surface area contributed by atoms with Gasteiger partial charge in [-0.05, 0) is 12.5 Å². The molecule has 0 bridgehead atoms. The molecular formula is C15H17BrN2O2. The highest BCUT2D eigenvalue weighted by Gasteiger charge is 2.10. The Morgan fingerprint density at radius 1 is 1.25 bits per heavy atom. The number of benzene rings is 1. The highest BCUT2D eigenvalue weighted by molar-refractivity contribution is 5.84. The lowest BCUT2D eigenvalue weighted by atomic mass is 10.2.